The van der Waals surface area contributed by atoms with Gasteiger partial charge in [0.25, 0.3) is 0 Å². The van der Waals surface area contributed by atoms with Gasteiger partial charge in [-0.05, 0) is 43.9 Å². The lowest BCUT2D eigenvalue weighted by Gasteiger charge is -2.35. The highest BCUT2D eigenvalue weighted by Gasteiger charge is 2.33. The van der Waals surface area contributed by atoms with Crippen LogP contribution in [0, 0.1) is 11.7 Å². The Morgan fingerprint density at radius 1 is 1.35 bits per heavy atom. The van der Waals surface area contributed by atoms with E-state index in [0.717, 1.165) is 18.9 Å². The first-order chi connectivity index (χ1) is 9.36. The van der Waals surface area contributed by atoms with Crippen LogP contribution in [-0.4, -0.2) is 30.4 Å². The summed E-state index contributed by atoms with van der Waals surface area (Å²) in [5, 5.41) is 9.06. The van der Waals surface area contributed by atoms with Crippen LogP contribution in [-0.2, 0) is 16.6 Å². The second-order valence-corrected chi connectivity index (χ2v) is 7.41. The predicted molar refractivity (Wildman–Crippen MR) is 74.1 cm³/mol. The van der Waals surface area contributed by atoms with E-state index in [2.05, 4.69) is 0 Å². The Kier molecular flexibility index (Phi) is 4.46. The van der Waals surface area contributed by atoms with Crippen molar-refractivity contribution in [2.45, 2.75) is 44.2 Å². The van der Waals surface area contributed by atoms with E-state index in [4.69, 9.17) is 5.11 Å². The van der Waals surface area contributed by atoms with Crippen LogP contribution in [0.25, 0.3) is 0 Å². The van der Waals surface area contributed by atoms with Crippen LogP contribution in [0.1, 0.15) is 32.3 Å². The van der Waals surface area contributed by atoms with E-state index in [9.17, 15) is 12.8 Å². The van der Waals surface area contributed by atoms with Crippen molar-refractivity contribution in [3.8, 4) is 0 Å². The van der Waals surface area contributed by atoms with Crippen LogP contribution in [0.4, 0.5) is 4.39 Å². The van der Waals surface area contributed by atoms with Gasteiger partial charge in [0.15, 0.2) is 0 Å². The van der Waals surface area contributed by atoms with Crippen LogP contribution in [0.5, 0.6) is 0 Å². The maximum absolute atomic E-state index is 13.4. The molecule has 0 spiro atoms. The van der Waals surface area contributed by atoms with E-state index < -0.39 is 22.4 Å². The molecule has 2 rings (SSSR count). The van der Waals surface area contributed by atoms with Crippen molar-refractivity contribution in [2.24, 2.45) is 5.92 Å². The Morgan fingerprint density at radius 2 is 2.05 bits per heavy atom. The number of sulfonamides is 1. The number of rotatable bonds is 3. The summed E-state index contributed by atoms with van der Waals surface area (Å²) in [4.78, 5) is 0.0453. The third-order valence-electron chi connectivity index (χ3n) is 3.85. The highest BCUT2D eigenvalue weighted by molar-refractivity contribution is 7.89. The summed E-state index contributed by atoms with van der Waals surface area (Å²) >= 11 is 0. The highest BCUT2D eigenvalue weighted by Crippen LogP contribution is 2.28. The average molecular weight is 301 g/mol. The van der Waals surface area contributed by atoms with Crippen molar-refractivity contribution in [1.29, 1.82) is 0 Å². The fraction of sp³-hybridized carbons (Fsp3) is 0.571. The number of nitrogens with zero attached hydrogens (tertiary/aromatic N) is 1. The maximum Gasteiger partial charge on any atom is 0.243 e. The van der Waals surface area contributed by atoms with Crippen LogP contribution in [0.15, 0.2) is 23.1 Å². The van der Waals surface area contributed by atoms with E-state index in [1.165, 1.54) is 16.4 Å². The summed E-state index contributed by atoms with van der Waals surface area (Å²) in [5.74, 6) is -0.273. The molecule has 0 amide bonds. The second kappa shape index (κ2) is 5.79. The van der Waals surface area contributed by atoms with Gasteiger partial charge in [0.2, 0.25) is 10.0 Å². The van der Waals surface area contributed by atoms with Crippen LogP contribution in [0.3, 0.4) is 0 Å². The zero-order valence-corrected chi connectivity index (χ0v) is 12.5. The fourth-order valence-electron chi connectivity index (χ4n) is 2.55. The molecular weight excluding hydrogens is 281 g/mol. The lowest BCUT2D eigenvalue weighted by molar-refractivity contribution is 0.218. The van der Waals surface area contributed by atoms with E-state index in [0.29, 0.717) is 12.5 Å². The fourth-order valence-corrected chi connectivity index (χ4v) is 4.38. The molecule has 1 saturated heterocycles. The number of benzene rings is 1. The van der Waals surface area contributed by atoms with Gasteiger partial charge in [0, 0.05) is 18.2 Å². The Labute approximate surface area is 119 Å². The highest BCUT2D eigenvalue weighted by atomic mass is 32.2. The van der Waals surface area contributed by atoms with Crippen molar-refractivity contribution in [3.63, 3.8) is 0 Å². The normalized spacial score (nSPS) is 24.8. The Bertz CT molecular complexity index is 588. The number of halogens is 1. The second-order valence-electron chi connectivity index (χ2n) is 5.52. The smallest absolute Gasteiger partial charge is 0.243 e. The predicted octanol–water partition coefficient (Wildman–Crippen LogP) is 2.13. The van der Waals surface area contributed by atoms with Gasteiger partial charge in [-0.1, -0.05) is 6.92 Å². The van der Waals surface area contributed by atoms with Gasteiger partial charge < -0.3 is 5.11 Å². The SMILES string of the molecule is CC1CCC(C)N(S(=O)(=O)c2ccc(F)c(CO)c2)C1. The molecule has 112 valence electrons. The zero-order chi connectivity index (χ0) is 14.9. The topological polar surface area (TPSA) is 57.6 Å². The summed E-state index contributed by atoms with van der Waals surface area (Å²) < 4.78 is 40.1. The summed E-state index contributed by atoms with van der Waals surface area (Å²) in [7, 11) is -3.64. The molecule has 0 radical (unpaired) electrons. The molecule has 0 saturated carbocycles. The van der Waals surface area contributed by atoms with Crippen molar-refractivity contribution in [1.82, 2.24) is 4.31 Å². The summed E-state index contributed by atoms with van der Waals surface area (Å²) in [5.41, 5.74) is 0.00351. The van der Waals surface area contributed by atoms with Gasteiger partial charge in [0.05, 0.1) is 11.5 Å². The number of aliphatic hydroxyl groups excluding tert-OH is 1. The van der Waals surface area contributed by atoms with E-state index in [1.54, 1.807) is 0 Å². The van der Waals surface area contributed by atoms with Gasteiger partial charge in [0.1, 0.15) is 5.82 Å². The van der Waals surface area contributed by atoms with Crippen LogP contribution < -0.4 is 0 Å². The Morgan fingerprint density at radius 3 is 2.70 bits per heavy atom. The molecule has 20 heavy (non-hydrogen) atoms. The van der Waals surface area contributed by atoms with Gasteiger partial charge in [-0.15, -0.1) is 0 Å². The molecule has 1 aromatic rings. The molecule has 2 unspecified atom stereocenters. The first-order valence-electron chi connectivity index (χ1n) is 6.77. The number of aliphatic hydroxyl groups is 1. The first-order valence-corrected chi connectivity index (χ1v) is 8.21. The van der Waals surface area contributed by atoms with Gasteiger partial charge >= 0.3 is 0 Å². The maximum atomic E-state index is 13.4. The summed E-state index contributed by atoms with van der Waals surface area (Å²) in [6.07, 6.45) is 1.84. The van der Waals surface area contributed by atoms with Gasteiger partial charge in [-0.25, -0.2) is 12.8 Å². The molecule has 1 N–H and O–H groups in total. The molecule has 0 bridgehead atoms. The summed E-state index contributed by atoms with van der Waals surface area (Å²) in [6, 6.07) is 3.52. The average Bonchev–Trinajstić information content (AvgIpc) is 2.41. The van der Waals surface area contributed by atoms with E-state index in [-0.39, 0.29) is 16.5 Å². The number of hydrogen-bond donors (Lipinski definition) is 1. The van der Waals surface area contributed by atoms with Crippen molar-refractivity contribution in [2.75, 3.05) is 6.54 Å². The minimum Gasteiger partial charge on any atom is -0.392 e. The Balaban J connectivity index is 2.39. The molecule has 1 aliphatic heterocycles. The lowest BCUT2D eigenvalue weighted by atomic mass is 9.97. The quantitative estimate of drug-likeness (QED) is 0.930. The largest absolute Gasteiger partial charge is 0.392 e. The molecule has 0 aliphatic carbocycles. The van der Waals surface area contributed by atoms with Crippen molar-refractivity contribution < 1.29 is 17.9 Å². The Hall–Kier alpha value is -0.980. The molecule has 1 heterocycles. The van der Waals surface area contributed by atoms with E-state index >= 15 is 0 Å². The van der Waals surface area contributed by atoms with E-state index in [1.807, 2.05) is 13.8 Å². The zero-order valence-electron chi connectivity index (χ0n) is 11.7. The van der Waals surface area contributed by atoms with Crippen LogP contribution >= 0.6 is 0 Å². The molecule has 4 nitrogen and oxygen atoms in total. The first kappa shape index (κ1) is 15.4. The number of hydrogen-bond acceptors (Lipinski definition) is 3. The number of piperidine rings is 1. The molecule has 1 aromatic carbocycles. The van der Waals surface area contributed by atoms with Gasteiger partial charge in [-0.3, -0.25) is 0 Å². The third-order valence-corrected chi connectivity index (χ3v) is 5.83. The molecule has 1 aliphatic rings. The van der Waals surface area contributed by atoms with Crippen LogP contribution in [0.2, 0.25) is 0 Å². The molecule has 6 heteroatoms. The van der Waals surface area contributed by atoms with Crippen molar-refractivity contribution >= 4 is 10.0 Å². The molecule has 2 atom stereocenters. The molecular formula is C14H20FNO3S. The third kappa shape index (κ3) is 2.87. The minimum atomic E-state index is -3.64. The monoisotopic (exact) mass is 301 g/mol. The summed E-state index contributed by atoms with van der Waals surface area (Å²) in [6.45, 7) is 3.88. The molecule has 1 fully saturated rings. The van der Waals surface area contributed by atoms with Crippen molar-refractivity contribution in [3.05, 3.63) is 29.6 Å². The standard InChI is InChI=1S/C14H20FNO3S/c1-10-3-4-11(2)16(8-10)20(18,19)13-5-6-14(15)12(7-13)9-17/h5-7,10-11,17H,3-4,8-9H2,1-2H3. The minimum absolute atomic E-state index is 0.00351. The van der Waals surface area contributed by atoms with Gasteiger partial charge in [-0.2, -0.15) is 4.31 Å². The lowest BCUT2D eigenvalue weighted by Crippen LogP contribution is -2.44. The molecule has 0 aromatic heterocycles.